The number of carbonyl (C=O) groups excluding carboxylic acids is 1. The topological polar surface area (TPSA) is 63.6 Å². The molecule has 0 atom stereocenters. The Morgan fingerprint density at radius 1 is 0.952 bits per heavy atom. The van der Waals surface area contributed by atoms with Gasteiger partial charge in [0.15, 0.2) is 0 Å². The van der Waals surface area contributed by atoms with Crippen LogP contribution < -0.4 is 0 Å². The van der Waals surface area contributed by atoms with Gasteiger partial charge in [-0.2, -0.15) is 0 Å². The third kappa shape index (κ3) is 3.48. The highest BCUT2D eigenvalue weighted by atomic mass is 16.5. The number of hydrogen-bond donors (Lipinski definition) is 1. The van der Waals surface area contributed by atoms with E-state index in [1.165, 1.54) is 19.2 Å². The predicted octanol–water partition coefficient (Wildman–Crippen LogP) is 2.57. The molecule has 0 saturated carbocycles. The summed E-state index contributed by atoms with van der Waals surface area (Å²) in [6.45, 7) is 0. The Labute approximate surface area is 122 Å². The van der Waals surface area contributed by atoms with Crippen molar-refractivity contribution in [3.63, 3.8) is 0 Å². The smallest absolute Gasteiger partial charge is 0.338 e. The zero-order valence-electron chi connectivity index (χ0n) is 11.3. The fraction of sp³-hybridized carbons (Fsp3) is 0.0588. The van der Waals surface area contributed by atoms with Gasteiger partial charge in [-0.25, -0.2) is 9.59 Å². The number of carboxylic acids is 1. The number of ether oxygens (including phenoxy) is 1. The summed E-state index contributed by atoms with van der Waals surface area (Å²) in [6, 6.07) is 13.7. The lowest BCUT2D eigenvalue weighted by molar-refractivity contribution is 0.0582. The van der Waals surface area contributed by atoms with Crippen molar-refractivity contribution < 1.29 is 19.4 Å². The van der Waals surface area contributed by atoms with Crippen LogP contribution in [0.25, 0.3) is 0 Å². The minimum atomic E-state index is -1.20. The molecular formula is C17H12O4. The molecule has 0 fully saturated rings. The highest BCUT2D eigenvalue weighted by Gasteiger charge is 2.17. The van der Waals surface area contributed by atoms with E-state index < -0.39 is 11.9 Å². The standard InChI is InChI=1S/C17H12O4/c1-21-17(20)14-10-9-13(11-15(14)16(18)19)8-7-12-5-3-2-4-6-12/h2-6,9-11H,1H3,(H,18,19). The van der Waals surface area contributed by atoms with Crippen molar-refractivity contribution in [1.29, 1.82) is 0 Å². The highest BCUT2D eigenvalue weighted by molar-refractivity contribution is 6.02. The molecule has 0 aliphatic carbocycles. The number of esters is 1. The molecule has 2 aromatic carbocycles. The summed E-state index contributed by atoms with van der Waals surface area (Å²) in [5.74, 6) is 3.92. The van der Waals surface area contributed by atoms with Gasteiger partial charge in [-0.1, -0.05) is 30.0 Å². The van der Waals surface area contributed by atoms with E-state index in [-0.39, 0.29) is 11.1 Å². The van der Waals surface area contributed by atoms with E-state index in [0.29, 0.717) is 5.56 Å². The van der Waals surface area contributed by atoms with Crippen LogP contribution in [0.3, 0.4) is 0 Å². The molecule has 0 bridgehead atoms. The minimum absolute atomic E-state index is 0.00950. The second kappa shape index (κ2) is 6.40. The Bertz CT molecular complexity index is 736. The lowest BCUT2D eigenvalue weighted by Gasteiger charge is -2.04. The number of carbonyl (C=O) groups is 2. The zero-order valence-corrected chi connectivity index (χ0v) is 11.3. The third-order valence-corrected chi connectivity index (χ3v) is 2.78. The van der Waals surface area contributed by atoms with Gasteiger partial charge in [0.05, 0.1) is 18.2 Å². The van der Waals surface area contributed by atoms with Crippen molar-refractivity contribution >= 4 is 11.9 Å². The number of methoxy groups -OCH3 is 1. The van der Waals surface area contributed by atoms with Gasteiger partial charge >= 0.3 is 11.9 Å². The maximum absolute atomic E-state index is 11.5. The summed E-state index contributed by atoms with van der Waals surface area (Å²) in [5.41, 5.74) is 1.23. The van der Waals surface area contributed by atoms with Gasteiger partial charge in [-0.05, 0) is 30.3 Å². The maximum atomic E-state index is 11.5. The Morgan fingerprint density at radius 2 is 1.62 bits per heavy atom. The first-order valence-electron chi connectivity index (χ1n) is 6.14. The summed E-state index contributed by atoms with van der Waals surface area (Å²) >= 11 is 0. The number of aromatic carboxylic acids is 1. The summed E-state index contributed by atoms with van der Waals surface area (Å²) in [5, 5.41) is 9.16. The Balaban J connectivity index is 2.40. The Hall–Kier alpha value is -3.06. The van der Waals surface area contributed by atoms with Gasteiger partial charge in [-0.3, -0.25) is 0 Å². The van der Waals surface area contributed by atoms with E-state index in [2.05, 4.69) is 16.6 Å². The molecule has 2 rings (SSSR count). The van der Waals surface area contributed by atoms with Crippen LogP contribution in [0.1, 0.15) is 31.8 Å². The highest BCUT2D eigenvalue weighted by Crippen LogP contribution is 2.13. The van der Waals surface area contributed by atoms with Crippen molar-refractivity contribution in [2.24, 2.45) is 0 Å². The van der Waals surface area contributed by atoms with Gasteiger partial charge < -0.3 is 9.84 Å². The largest absolute Gasteiger partial charge is 0.478 e. The number of hydrogen-bond acceptors (Lipinski definition) is 3. The van der Waals surface area contributed by atoms with E-state index in [1.807, 2.05) is 30.3 Å². The van der Waals surface area contributed by atoms with E-state index in [4.69, 9.17) is 5.11 Å². The van der Waals surface area contributed by atoms with E-state index in [0.717, 1.165) is 5.56 Å². The number of carboxylic acid groups (broad SMARTS) is 1. The molecule has 4 nitrogen and oxygen atoms in total. The van der Waals surface area contributed by atoms with E-state index in [9.17, 15) is 9.59 Å². The van der Waals surface area contributed by atoms with Crippen molar-refractivity contribution in [1.82, 2.24) is 0 Å². The molecule has 0 spiro atoms. The summed E-state index contributed by atoms with van der Waals surface area (Å²) in [7, 11) is 1.21. The molecule has 4 heteroatoms. The van der Waals surface area contributed by atoms with Crippen LogP contribution in [-0.4, -0.2) is 24.2 Å². The molecule has 21 heavy (non-hydrogen) atoms. The molecule has 0 unspecified atom stereocenters. The molecule has 2 aromatic rings. The SMILES string of the molecule is COC(=O)c1ccc(C#Cc2ccccc2)cc1C(=O)O. The molecule has 0 aliphatic rings. The summed E-state index contributed by atoms with van der Waals surface area (Å²) < 4.78 is 4.56. The lowest BCUT2D eigenvalue weighted by atomic mass is 10.0. The van der Waals surface area contributed by atoms with Crippen LogP contribution in [0.5, 0.6) is 0 Å². The molecule has 0 saturated heterocycles. The maximum Gasteiger partial charge on any atom is 0.338 e. The third-order valence-electron chi connectivity index (χ3n) is 2.78. The number of benzene rings is 2. The van der Waals surface area contributed by atoms with Gasteiger partial charge in [0.25, 0.3) is 0 Å². The quantitative estimate of drug-likeness (QED) is 0.678. The van der Waals surface area contributed by atoms with E-state index >= 15 is 0 Å². The van der Waals surface area contributed by atoms with Crippen LogP contribution >= 0.6 is 0 Å². The molecule has 104 valence electrons. The summed E-state index contributed by atoms with van der Waals surface area (Å²) in [4.78, 5) is 22.7. The molecule has 0 radical (unpaired) electrons. The Kier molecular flexibility index (Phi) is 4.37. The average molecular weight is 280 g/mol. The predicted molar refractivity (Wildman–Crippen MR) is 77.2 cm³/mol. The molecule has 0 aromatic heterocycles. The minimum Gasteiger partial charge on any atom is -0.478 e. The van der Waals surface area contributed by atoms with Crippen molar-refractivity contribution in [3.05, 3.63) is 70.8 Å². The van der Waals surface area contributed by atoms with Crippen molar-refractivity contribution in [3.8, 4) is 11.8 Å². The van der Waals surface area contributed by atoms with Crippen LogP contribution in [0.2, 0.25) is 0 Å². The van der Waals surface area contributed by atoms with Crippen molar-refractivity contribution in [2.75, 3.05) is 7.11 Å². The molecule has 0 amide bonds. The lowest BCUT2D eigenvalue weighted by Crippen LogP contribution is -2.10. The first-order valence-corrected chi connectivity index (χ1v) is 6.14. The normalized spacial score (nSPS) is 9.38. The van der Waals surface area contributed by atoms with Gasteiger partial charge in [0.2, 0.25) is 0 Å². The van der Waals surface area contributed by atoms with Gasteiger partial charge in [0, 0.05) is 11.1 Å². The summed E-state index contributed by atoms with van der Waals surface area (Å²) in [6.07, 6.45) is 0. The first kappa shape index (κ1) is 14.4. The first-order chi connectivity index (χ1) is 10.1. The molecule has 1 N–H and O–H groups in total. The van der Waals surface area contributed by atoms with Crippen LogP contribution in [0.4, 0.5) is 0 Å². The number of rotatable bonds is 2. The van der Waals surface area contributed by atoms with Crippen LogP contribution in [-0.2, 0) is 4.74 Å². The van der Waals surface area contributed by atoms with Crippen molar-refractivity contribution in [2.45, 2.75) is 0 Å². The fourth-order valence-electron chi connectivity index (χ4n) is 1.75. The average Bonchev–Trinajstić information content (AvgIpc) is 2.52. The van der Waals surface area contributed by atoms with Crippen LogP contribution in [0.15, 0.2) is 48.5 Å². The second-order valence-electron chi connectivity index (χ2n) is 4.17. The zero-order chi connectivity index (χ0) is 15.2. The second-order valence-corrected chi connectivity index (χ2v) is 4.17. The Morgan fingerprint density at radius 3 is 2.24 bits per heavy atom. The molecule has 0 aliphatic heterocycles. The fourth-order valence-corrected chi connectivity index (χ4v) is 1.75. The van der Waals surface area contributed by atoms with Gasteiger partial charge in [0.1, 0.15) is 0 Å². The van der Waals surface area contributed by atoms with Gasteiger partial charge in [-0.15, -0.1) is 0 Å². The molecular weight excluding hydrogens is 268 g/mol. The molecule has 0 heterocycles. The monoisotopic (exact) mass is 280 g/mol. The van der Waals surface area contributed by atoms with Crippen LogP contribution in [0, 0.1) is 11.8 Å². The van der Waals surface area contributed by atoms with E-state index in [1.54, 1.807) is 6.07 Å².